The number of hydrogen-bond donors (Lipinski definition) is 2. The van der Waals surface area contributed by atoms with Crippen LogP contribution >= 0.6 is 0 Å². The second kappa shape index (κ2) is 9.50. The van der Waals surface area contributed by atoms with Crippen molar-refractivity contribution in [3.8, 4) is 17.2 Å². The Labute approximate surface area is 170 Å². The monoisotopic (exact) mass is 392 g/mol. The lowest BCUT2D eigenvalue weighted by molar-refractivity contribution is -0.115. The summed E-state index contributed by atoms with van der Waals surface area (Å²) < 4.78 is 15.8. The highest BCUT2D eigenvalue weighted by molar-refractivity contribution is 5.92. The average Bonchev–Trinajstić information content (AvgIpc) is 2.75. The first-order valence-electron chi connectivity index (χ1n) is 9.14. The van der Waals surface area contributed by atoms with E-state index in [0.29, 0.717) is 11.5 Å². The van der Waals surface area contributed by atoms with Crippen molar-refractivity contribution in [3.63, 3.8) is 0 Å². The van der Waals surface area contributed by atoms with Crippen LogP contribution in [-0.4, -0.2) is 27.2 Å². The number of hydrogen-bond acceptors (Lipinski definition) is 5. The van der Waals surface area contributed by atoms with Gasteiger partial charge in [-0.1, -0.05) is 18.2 Å². The molecule has 0 aromatic heterocycles. The second-order valence-corrected chi connectivity index (χ2v) is 6.32. The molecule has 150 valence electrons. The third kappa shape index (κ3) is 5.19. The predicted molar refractivity (Wildman–Crippen MR) is 115 cm³/mol. The van der Waals surface area contributed by atoms with E-state index >= 15 is 0 Å². The first-order chi connectivity index (χ1) is 14.1. The fourth-order valence-electron chi connectivity index (χ4n) is 2.92. The zero-order chi connectivity index (χ0) is 20.6. The summed E-state index contributed by atoms with van der Waals surface area (Å²) in [6.45, 7) is 0. The molecule has 1 amide bonds. The molecule has 0 bridgehead atoms. The lowest BCUT2D eigenvalue weighted by Gasteiger charge is -2.12. The van der Waals surface area contributed by atoms with Crippen LogP contribution in [-0.2, 0) is 11.2 Å². The van der Waals surface area contributed by atoms with Crippen LogP contribution in [0.1, 0.15) is 5.56 Å². The van der Waals surface area contributed by atoms with Crippen molar-refractivity contribution >= 4 is 23.0 Å². The quantitative estimate of drug-likeness (QED) is 0.585. The minimum Gasteiger partial charge on any atom is -0.495 e. The molecule has 29 heavy (non-hydrogen) atoms. The van der Waals surface area contributed by atoms with Crippen LogP contribution in [0.25, 0.3) is 0 Å². The number of benzene rings is 3. The number of anilines is 3. The van der Waals surface area contributed by atoms with E-state index in [1.165, 1.54) is 0 Å². The van der Waals surface area contributed by atoms with Gasteiger partial charge in [-0.3, -0.25) is 4.79 Å². The van der Waals surface area contributed by atoms with E-state index in [0.717, 1.165) is 28.4 Å². The van der Waals surface area contributed by atoms with Crippen LogP contribution in [0.15, 0.2) is 66.7 Å². The third-order valence-corrected chi connectivity index (χ3v) is 4.37. The SMILES string of the molecule is COc1ccccc1Nc1ccc(NC(=O)Cc2ccc(OC)c(OC)c2)cc1. The number of amides is 1. The molecule has 0 saturated heterocycles. The Morgan fingerprint density at radius 2 is 1.41 bits per heavy atom. The summed E-state index contributed by atoms with van der Waals surface area (Å²) in [5, 5.41) is 6.21. The molecule has 3 rings (SSSR count). The molecule has 0 saturated carbocycles. The highest BCUT2D eigenvalue weighted by Crippen LogP contribution is 2.29. The highest BCUT2D eigenvalue weighted by atomic mass is 16.5. The number of nitrogens with one attached hydrogen (secondary N) is 2. The summed E-state index contributed by atoms with van der Waals surface area (Å²) in [4.78, 5) is 12.4. The van der Waals surface area contributed by atoms with Crippen molar-refractivity contribution in [1.82, 2.24) is 0 Å². The van der Waals surface area contributed by atoms with E-state index < -0.39 is 0 Å². The maximum absolute atomic E-state index is 12.4. The van der Waals surface area contributed by atoms with Gasteiger partial charge in [-0.25, -0.2) is 0 Å². The molecule has 3 aromatic carbocycles. The zero-order valence-corrected chi connectivity index (χ0v) is 16.7. The second-order valence-electron chi connectivity index (χ2n) is 6.32. The summed E-state index contributed by atoms with van der Waals surface area (Å²) in [5.74, 6) is 1.89. The van der Waals surface area contributed by atoms with Crippen LogP contribution in [0, 0.1) is 0 Å². The Morgan fingerprint density at radius 3 is 2.10 bits per heavy atom. The predicted octanol–water partition coefficient (Wildman–Crippen LogP) is 4.64. The molecule has 0 heterocycles. The van der Waals surface area contributed by atoms with Crippen LogP contribution in [0.2, 0.25) is 0 Å². The van der Waals surface area contributed by atoms with Gasteiger partial charge in [0.05, 0.1) is 33.4 Å². The molecule has 0 unspecified atom stereocenters. The fraction of sp³-hybridized carbons (Fsp3) is 0.174. The van der Waals surface area contributed by atoms with Gasteiger partial charge in [0.1, 0.15) is 5.75 Å². The summed E-state index contributed by atoms with van der Waals surface area (Å²) in [6.07, 6.45) is 0.238. The van der Waals surface area contributed by atoms with E-state index in [-0.39, 0.29) is 12.3 Å². The Kier molecular flexibility index (Phi) is 6.58. The molecule has 6 heteroatoms. The Bertz CT molecular complexity index is 971. The molecule has 3 aromatic rings. The standard InChI is InChI=1S/C23H24N2O4/c1-27-20-7-5-4-6-19(20)24-17-9-11-18(12-10-17)25-23(26)15-16-8-13-21(28-2)22(14-16)29-3/h4-14,24H,15H2,1-3H3,(H,25,26). The van der Waals surface area contributed by atoms with E-state index in [9.17, 15) is 4.79 Å². The molecule has 0 aliphatic carbocycles. The van der Waals surface area contributed by atoms with Crippen LogP contribution in [0.5, 0.6) is 17.2 Å². The molecule has 2 N–H and O–H groups in total. The third-order valence-electron chi connectivity index (χ3n) is 4.37. The van der Waals surface area contributed by atoms with Crippen molar-refractivity contribution < 1.29 is 19.0 Å². The summed E-state index contributed by atoms with van der Waals surface area (Å²) in [7, 11) is 4.79. The van der Waals surface area contributed by atoms with Gasteiger partial charge >= 0.3 is 0 Å². The van der Waals surface area contributed by atoms with Gasteiger partial charge in [0.2, 0.25) is 5.91 Å². The van der Waals surface area contributed by atoms with Gasteiger partial charge in [-0.05, 0) is 54.1 Å². The fourth-order valence-corrected chi connectivity index (χ4v) is 2.92. The molecule has 0 aliphatic heterocycles. The largest absolute Gasteiger partial charge is 0.495 e. The lowest BCUT2D eigenvalue weighted by atomic mass is 10.1. The molecule has 6 nitrogen and oxygen atoms in total. The van der Waals surface area contributed by atoms with E-state index in [2.05, 4.69) is 10.6 Å². The summed E-state index contributed by atoms with van der Waals surface area (Å²) in [5.41, 5.74) is 3.34. The van der Waals surface area contributed by atoms with Gasteiger partial charge in [-0.2, -0.15) is 0 Å². The normalized spacial score (nSPS) is 10.2. The molecule has 0 spiro atoms. The number of methoxy groups -OCH3 is 3. The van der Waals surface area contributed by atoms with Crippen molar-refractivity contribution in [2.75, 3.05) is 32.0 Å². The van der Waals surface area contributed by atoms with Crippen molar-refractivity contribution in [3.05, 3.63) is 72.3 Å². The smallest absolute Gasteiger partial charge is 0.228 e. The number of para-hydroxylation sites is 2. The maximum atomic E-state index is 12.4. The average molecular weight is 392 g/mol. The minimum atomic E-state index is -0.109. The van der Waals surface area contributed by atoms with E-state index in [1.807, 2.05) is 54.6 Å². The molecule has 0 radical (unpaired) electrons. The number of carbonyl (C=O) groups is 1. The van der Waals surface area contributed by atoms with Crippen LogP contribution in [0.4, 0.5) is 17.1 Å². The van der Waals surface area contributed by atoms with Gasteiger partial charge < -0.3 is 24.8 Å². The van der Waals surface area contributed by atoms with Crippen LogP contribution < -0.4 is 24.8 Å². The summed E-state index contributed by atoms with van der Waals surface area (Å²) >= 11 is 0. The zero-order valence-electron chi connectivity index (χ0n) is 16.7. The van der Waals surface area contributed by atoms with Crippen molar-refractivity contribution in [1.29, 1.82) is 0 Å². The Morgan fingerprint density at radius 1 is 0.759 bits per heavy atom. The molecule has 0 aliphatic rings. The highest BCUT2D eigenvalue weighted by Gasteiger charge is 2.09. The van der Waals surface area contributed by atoms with Gasteiger partial charge in [0.15, 0.2) is 11.5 Å². The molecule has 0 atom stereocenters. The van der Waals surface area contributed by atoms with Crippen molar-refractivity contribution in [2.45, 2.75) is 6.42 Å². The molecular formula is C23H24N2O4. The van der Waals surface area contributed by atoms with E-state index in [4.69, 9.17) is 14.2 Å². The number of carbonyl (C=O) groups excluding carboxylic acids is 1. The Hall–Kier alpha value is -3.67. The first kappa shape index (κ1) is 20.1. The lowest BCUT2D eigenvalue weighted by Crippen LogP contribution is -2.14. The summed E-state index contributed by atoms with van der Waals surface area (Å²) in [6, 6.07) is 20.6. The minimum absolute atomic E-state index is 0.109. The molecule has 0 fully saturated rings. The Balaban J connectivity index is 1.61. The van der Waals surface area contributed by atoms with Gasteiger partial charge in [0, 0.05) is 11.4 Å². The molecular weight excluding hydrogens is 368 g/mol. The number of ether oxygens (including phenoxy) is 3. The van der Waals surface area contributed by atoms with Gasteiger partial charge in [-0.15, -0.1) is 0 Å². The van der Waals surface area contributed by atoms with E-state index in [1.54, 1.807) is 33.5 Å². The van der Waals surface area contributed by atoms with Crippen molar-refractivity contribution in [2.24, 2.45) is 0 Å². The topological polar surface area (TPSA) is 68.8 Å². The van der Waals surface area contributed by atoms with Crippen LogP contribution in [0.3, 0.4) is 0 Å². The van der Waals surface area contributed by atoms with Gasteiger partial charge in [0.25, 0.3) is 0 Å². The number of rotatable bonds is 8. The maximum Gasteiger partial charge on any atom is 0.228 e. The first-order valence-corrected chi connectivity index (χ1v) is 9.14.